The van der Waals surface area contributed by atoms with Gasteiger partial charge < -0.3 is 10.2 Å². The van der Waals surface area contributed by atoms with Crippen molar-refractivity contribution in [3.8, 4) is 0 Å². The summed E-state index contributed by atoms with van der Waals surface area (Å²) in [6, 6.07) is 7.34. The standard InChI is InChI=1S/C24H28Cl2F3N3O4S/c1-4-11-30-23(34)21(5-2)31(14-16-9-10-19(25)20(26)12-16)22(33)15-32(37(3,35)36)18-8-6-7-17(13-18)24(27,28)29/h6-10,12-13,21H,4-5,11,14-15H2,1-3H3,(H,30,34)/t21-/m0/s1. The van der Waals surface area contributed by atoms with Crippen molar-refractivity contribution in [3.63, 3.8) is 0 Å². The van der Waals surface area contributed by atoms with E-state index in [0.29, 0.717) is 28.9 Å². The summed E-state index contributed by atoms with van der Waals surface area (Å²) < 4.78 is 65.5. The molecule has 2 amide bonds. The summed E-state index contributed by atoms with van der Waals surface area (Å²) >= 11 is 12.1. The molecule has 0 fully saturated rings. The molecule has 7 nitrogen and oxygen atoms in total. The van der Waals surface area contributed by atoms with Crippen LogP contribution in [0.15, 0.2) is 42.5 Å². The zero-order valence-corrected chi connectivity index (χ0v) is 22.8. The SMILES string of the molecule is CCCNC(=O)[C@H](CC)N(Cc1ccc(Cl)c(Cl)c1)C(=O)CN(c1cccc(C(F)(F)F)c1)S(C)(=O)=O. The van der Waals surface area contributed by atoms with Crippen molar-refractivity contribution in [2.45, 2.75) is 45.5 Å². The number of amides is 2. The molecule has 204 valence electrons. The Balaban J connectivity index is 2.50. The predicted octanol–water partition coefficient (Wildman–Crippen LogP) is 5.11. The van der Waals surface area contributed by atoms with E-state index in [2.05, 4.69) is 5.32 Å². The second-order valence-corrected chi connectivity index (χ2v) is 11.0. The van der Waals surface area contributed by atoms with E-state index in [9.17, 15) is 31.2 Å². The van der Waals surface area contributed by atoms with Gasteiger partial charge in [0.05, 0.1) is 27.6 Å². The molecule has 0 unspecified atom stereocenters. The van der Waals surface area contributed by atoms with Crippen LogP contribution in [-0.4, -0.2) is 50.5 Å². The summed E-state index contributed by atoms with van der Waals surface area (Å²) in [6.45, 7) is 2.97. The van der Waals surface area contributed by atoms with Gasteiger partial charge in [-0.05, 0) is 48.7 Å². The van der Waals surface area contributed by atoms with Crippen LogP contribution in [0.5, 0.6) is 0 Å². The third kappa shape index (κ3) is 8.51. The molecular weight excluding hydrogens is 554 g/mol. The fraction of sp³-hybridized carbons (Fsp3) is 0.417. The van der Waals surface area contributed by atoms with Crippen LogP contribution in [0.3, 0.4) is 0 Å². The highest BCUT2D eigenvalue weighted by molar-refractivity contribution is 7.92. The number of sulfonamides is 1. The van der Waals surface area contributed by atoms with E-state index < -0.39 is 46.2 Å². The number of carbonyl (C=O) groups excluding carboxylic acids is 2. The van der Waals surface area contributed by atoms with Crippen LogP contribution >= 0.6 is 23.2 Å². The lowest BCUT2D eigenvalue weighted by Crippen LogP contribution is -2.52. The average Bonchev–Trinajstić information content (AvgIpc) is 2.81. The van der Waals surface area contributed by atoms with E-state index in [4.69, 9.17) is 23.2 Å². The molecule has 2 aromatic rings. The number of halogens is 5. The van der Waals surface area contributed by atoms with Gasteiger partial charge in [-0.3, -0.25) is 13.9 Å². The molecule has 13 heteroatoms. The van der Waals surface area contributed by atoms with Crippen molar-refractivity contribution in [1.29, 1.82) is 0 Å². The maximum atomic E-state index is 13.5. The Morgan fingerprint density at radius 2 is 1.73 bits per heavy atom. The third-order valence-electron chi connectivity index (χ3n) is 5.41. The first-order chi connectivity index (χ1) is 17.2. The van der Waals surface area contributed by atoms with Crippen molar-refractivity contribution >= 4 is 50.7 Å². The minimum absolute atomic E-state index is 0.117. The van der Waals surface area contributed by atoms with Gasteiger partial charge in [0.2, 0.25) is 21.8 Å². The van der Waals surface area contributed by atoms with Gasteiger partial charge in [0, 0.05) is 13.1 Å². The normalized spacial score (nSPS) is 12.6. The summed E-state index contributed by atoms with van der Waals surface area (Å²) in [5.41, 5.74) is -0.873. The highest BCUT2D eigenvalue weighted by atomic mass is 35.5. The number of alkyl halides is 3. The van der Waals surface area contributed by atoms with E-state index in [1.807, 2.05) is 6.92 Å². The van der Waals surface area contributed by atoms with E-state index in [1.165, 1.54) is 17.0 Å². The quantitative estimate of drug-likeness (QED) is 0.399. The highest BCUT2D eigenvalue weighted by Gasteiger charge is 2.34. The van der Waals surface area contributed by atoms with Gasteiger partial charge in [-0.1, -0.05) is 49.2 Å². The summed E-state index contributed by atoms with van der Waals surface area (Å²) in [7, 11) is -4.18. The van der Waals surface area contributed by atoms with Crippen molar-refractivity contribution < 1.29 is 31.2 Å². The summed E-state index contributed by atoms with van der Waals surface area (Å²) in [5.74, 6) is -1.23. The summed E-state index contributed by atoms with van der Waals surface area (Å²) in [6.07, 6.45) is -3.08. The lowest BCUT2D eigenvalue weighted by molar-refractivity contribution is -0.140. The molecule has 0 bridgehead atoms. The average molecular weight is 582 g/mol. The van der Waals surface area contributed by atoms with Crippen LogP contribution in [0, 0.1) is 0 Å². The number of nitrogens with one attached hydrogen (secondary N) is 1. The minimum atomic E-state index is -4.71. The van der Waals surface area contributed by atoms with Crippen LogP contribution in [0.2, 0.25) is 10.0 Å². The van der Waals surface area contributed by atoms with Gasteiger partial charge in [-0.15, -0.1) is 0 Å². The maximum absolute atomic E-state index is 13.5. The Labute approximate surface area is 224 Å². The fourth-order valence-electron chi connectivity index (χ4n) is 3.57. The summed E-state index contributed by atoms with van der Waals surface area (Å²) in [5, 5.41) is 3.23. The fourth-order valence-corrected chi connectivity index (χ4v) is 4.73. The first-order valence-electron chi connectivity index (χ1n) is 11.3. The van der Waals surface area contributed by atoms with E-state index in [-0.39, 0.29) is 28.7 Å². The molecule has 2 rings (SSSR count). The highest BCUT2D eigenvalue weighted by Crippen LogP contribution is 2.32. The second kappa shape index (κ2) is 12.8. The molecule has 0 aliphatic rings. The first-order valence-corrected chi connectivity index (χ1v) is 14.0. The number of hydrogen-bond acceptors (Lipinski definition) is 4. The molecule has 1 N–H and O–H groups in total. The second-order valence-electron chi connectivity index (χ2n) is 8.30. The van der Waals surface area contributed by atoms with Crippen molar-refractivity contribution in [2.75, 3.05) is 23.7 Å². The number of carbonyl (C=O) groups is 2. The molecule has 0 aromatic heterocycles. The molecule has 0 aliphatic carbocycles. The van der Waals surface area contributed by atoms with Gasteiger partial charge in [0.1, 0.15) is 12.6 Å². The molecule has 2 aromatic carbocycles. The lowest BCUT2D eigenvalue weighted by atomic mass is 10.1. The number of nitrogens with zero attached hydrogens (tertiary/aromatic N) is 2. The largest absolute Gasteiger partial charge is 0.416 e. The third-order valence-corrected chi connectivity index (χ3v) is 7.29. The predicted molar refractivity (Wildman–Crippen MR) is 138 cm³/mol. The zero-order valence-electron chi connectivity index (χ0n) is 20.5. The maximum Gasteiger partial charge on any atom is 0.416 e. The van der Waals surface area contributed by atoms with E-state index in [0.717, 1.165) is 24.5 Å². The Morgan fingerprint density at radius 3 is 2.27 bits per heavy atom. The van der Waals surface area contributed by atoms with Crippen LogP contribution in [0.4, 0.5) is 18.9 Å². The molecule has 37 heavy (non-hydrogen) atoms. The van der Waals surface area contributed by atoms with Crippen LogP contribution in [0.25, 0.3) is 0 Å². The minimum Gasteiger partial charge on any atom is -0.354 e. The molecule has 1 atom stereocenters. The lowest BCUT2D eigenvalue weighted by Gasteiger charge is -2.33. The van der Waals surface area contributed by atoms with Gasteiger partial charge in [-0.2, -0.15) is 13.2 Å². The number of anilines is 1. The van der Waals surface area contributed by atoms with Gasteiger partial charge in [0.15, 0.2) is 0 Å². The van der Waals surface area contributed by atoms with E-state index in [1.54, 1.807) is 13.0 Å². The van der Waals surface area contributed by atoms with Gasteiger partial charge in [0.25, 0.3) is 0 Å². The molecule has 0 spiro atoms. The van der Waals surface area contributed by atoms with Crippen molar-refractivity contribution in [2.24, 2.45) is 0 Å². The molecule has 0 aliphatic heterocycles. The molecule has 0 heterocycles. The topological polar surface area (TPSA) is 86.8 Å². The summed E-state index contributed by atoms with van der Waals surface area (Å²) in [4.78, 5) is 27.6. The Morgan fingerprint density at radius 1 is 1.05 bits per heavy atom. The van der Waals surface area contributed by atoms with Crippen molar-refractivity contribution in [3.05, 3.63) is 63.6 Å². The van der Waals surface area contributed by atoms with Crippen LogP contribution < -0.4 is 9.62 Å². The Bertz CT molecular complexity index is 1230. The zero-order chi connectivity index (χ0) is 28.0. The number of benzene rings is 2. The first kappa shape index (κ1) is 30.7. The molecule has 0 radical (unpaired) electrons. The molecule has 0 saturated heterocycles. The van der Waals surface area contributed by atoms with E-state index >= 15 is 0 Å². The molecular formula is C24H28Cl2F3N3O4S. The Hall–Kier alpha value is -2.50. The number of rotatable bonds is 11. The van der Waals surface area contributed by atoms with Crippen LogP contribution in [0.1, 0.15) is 37.8 Å². The van der Waals surface area contributed by atoms with Gasteiger partial charge >= 0.3 is 6.18 Å². The number of hydrogen-bond donors (Lipinski definition) is 1. The Kier molecular flexibility index (Phi) is 10.7. The molecule has 0 saturated carbocycles. The van der Waals surface area contributed by atoms with Crippen LogP contribution in [-0.2, 0) is 32.3 Å². The smallest absolute Gasteiger partial charge is 0.354 e. The monoisotopic (exact) mass is 581 g/mol. The van der Waals surface area contributed by atoms with Gasteiger partial charge in [-0.25, -0.2) is 8.42 Å². The van der Waals surface area contributed by atoms with Crippen molar-refractivity contribution in [1.82, 2.24) is 10.2 Å².